The quantitative estimate of drug-likeness (QED) is 0.749. The van der Waals surface area contributed by atoms with Crippen LogP contribution in [0, 0.1) is 5.41 Å². The van der Waals surface area contributed by atoms with Crippen LogP contribution in [0.25, 0.3) is 11.1 Å². The molecule has 1 aliphatic heterocycles. The van der Waals surface area contributed by atoms with Gasteiger partial charge in [0.05, 0.1) is 12.6 Å². The summed E-state index contributed by atoms with van der Waals surface area (Å²) in [4.78, 5) is 11.1. The zero-order valence-electron chi connectivity index (χ0n) is 13.3. The number of carboxylic acid groups (broad SMARTS) is 1. The van der Waals surface area contributed by atoms with Gasteiger partial charge in [0.15, 0.2) is 0 Å². The van der Waals surface area contributed by atoms with Crippen molar-refractivity contribution < 1.29 is 14.6 Å². The van der Waals surface area contributed by atoms with Crippen molar-refractivity contribution >= 4 is 29.3 Å². The highest BCUT2D eigenvalue weighted by Gasteiger charge is 2.38. The van der Waals surface area contributed by atoms with Crippen molar-refractivity contribution in [2.45, 2.75) is 19.9 Å². The molecule has 0 radical (unpaired) electrons. The Morgan fingerprint density at radius 3 is 2.67 bits per heavy atom. The molecule has 2 aromatic rings. The summed E-state index contributed by atoms with van der Waals surface area (Å²) in [5.41, 5.74) is 2.22. The van der Waals surface area contributed by atoms with Crippen molar-refractivity contribution in [1.82, 2.24) is 5.32 Å². The van der Waals surface area contributed by atoms with Crippen LogP contribution in [0.15, 0.2) is 36.4 Å². The van der Waals surface area contributed by atoms with Gasteiger partial charge in [0.1, 0.15) is 5.75 Å². The molecule has 1 unspecified atom stereocenters. The molecule has 2 N–H and O–H groups in total. The molecule has 4 nitrogen and oxygen atoms in total. The van der Waals surface area contributed by atoms with E-state index in [0.717, 1.165) is 16.7 Å². The Bertz CT molecular complexity index is 805. The molecule has 0 saturated heterocycles. The van der Waals surface area contributed by atoms with Crippen molar-refractivity contribution in [2.75, 3.05) is 6.61 Å². The van der Waals surface area contributed by atoms with Crippen LogP contribution in [0.3, 0.4) is 0 Å². The van der Waals surface area contributed by atoms with E-state index in [1.54, 1.807) is 12.1 Å². The van der Waals surface area contributed by atoms with E-state index in [1.165, 1.54) is 0 Å². The van der Waals surface area contributed by atoms with Crippen LogP contribution in [0.2, 0.25) is 10.0 Å². The Hall–Kier alpha value is -1.91. The number of fused-ring (bicyclic) bond motifs is 1. The second kappa shape index (κ2) is 6.19. The standard InChI is InChI=1S/C18H17Cl2NO3/c1-18(2)9-24-15-7-10(12-6-4-11(19)8-14(12)20)3-5-13(15)16(18)21-17(22)23/h3-8,16,21H,9H2,1-2H3,(H,22,23). The fourth-order valence-electron chi connectivity index (χ4n) is 2.95. The molecule has 1 aliphatic rings. The molecule has 1 amide bonds. The Balaban J connectivity index is 2.04. The number of amides is 1. The van der Waals surface area contributed by atoms with Crippen LogP contribution in [-0.4, -0.2) is 17.8 Å². The third kappa shape index (κ3) is 3.17. The maximum absolute atomic E-state index is 11.1. The fourth-order valence-corrected chi connectivity index (χ4v) is 3.47. The average Bonchev–Trinajstić information content (AvgIpc) is 2.50. The van der Waals surface area contributed by atoms with Crippen LogP contribution in [0.4, 0.5) is 4.79 Å². The SMILES string of the molecule is CC1(C)COc2cc(-c3ccc(Cl)cc3Cl)ccc2C1NC(=O)O. The van der Waals surface area contributed by atoms with Gasteiger partial charge in [0.2, 0.25) is 0 Å². The minimum atomic E-state index is -1.05. The van der Waals surface area contributed by atoms with Gasteiger partial charge < -0.3 is 15.2 Å². The van der Waals surface area contributed by atoms with Crippen molar-refractivity contribution in [1.29, 1.82) is 0 Å². The number of halogens is 2. The molecule has 6 heteroatoms. The van der Waals surface area contributed by atoms with E-state index in [4.69, 9.17) is 33.0 Å². The molecular weight excluding hydrogens is 349 g/mol. The average molecular weight is 366 g/mol. The Kier molecular flexibility index (Phi) is 4.37. The molecule has 0 aromatic heterocycles. The van der Waals surface area contributed by atoms with Crippen molar-refractivity contribution in [2.24, 2.45) is 5.41 Å². The van der Waals surface area contributed by atoms with Gasteiger partial charge in [-0.3, -0.25) is 0 Å². The number of rotatable bonds is 2. The molecule has 3 rings (SSSR count). The Labute approximate surface area is 150 Å². The number of hydrogen-bond acceptors (Lipinski definition) is 2. The summed E-state index contributed by atoms with van der Waals surface area (Å²) in [7, 11) is 0. The topological polar surface area (TPSA) is 58.6 Å². The lowest BCUT2D eigenvalue weighted by Crippen LogP contribution is -2.43. The summed E-state index contributed by atoms with van der Waals surface area (Å²) in [6.45, 7) is 4.36. The Morgan fingerprint density at radius 1 is 1.25 bits per heavy atom. The highest BCUT2D eigenvalue weighted by Crippen LogP contribution is 2.44. The predicted octanol–water partition coefficient (Wildman–Crippen LogP) is 5.39. The van der Waals surface area contributed by atoms with Crippen LogP contribution in [0.1, 0.15) is 25.5 Å². The lowest BCUT2D eigenvalue weighted by molar-refractivity contribution is 0.0996. The summed E-state index contributed by atoms with van der Waals surface area (Å²) < 4.78 is 5.87. The first-order valence-electron chi connectivity index (χ1n) is 7.49. The zero-order chi connectivity index (χ0) is 17.5. The van der Waals surface area contributed by atoms with E-state index in [9.17, 15) is 4.79 Å². The van der Waals surface area contributed by atoms with Gasteiger partial charge in [-0.2, -0.15) is 0 Å². The van der Waals surface area contributed by atoms with Gasteiger partial charge in [-0.25, -0.2) is 4.79 Å². The van der Waals surface area contributed by atoms with Gasteiger partial charge in [-0.1, -0.05) is 55.2 Å². The molecule has 0 spiro atoms. The number of nitrogens with one attached hydrogen (secondary N) is 1. The van der Waals surface area contributed by atoms with Crippen molar-refractivity contribution in [3.05, 3.63) is 52.0 Å². The van der Waals surface area contributed by atoms with Gasteiger partial charge in [0.25, 0.3) is 0 Å². The van der Waals surface area contributed by atoms with E-state index < -0.39 is 6.09 Å². The zero-order valence-corrected chi connectivity index (χ0v) is 14.8. The highest BCUT2D eigenvalue weighted by molar-refractivity contribution is 6.36. The minimum absolute atomic E-state index is 0.339. The lowest BCUT2D eigenvalue weighted by Gasteiger charge is -2.39. The second-order valence-electron chi connectivity index (χ2n) is 6.54. The van der Waals surface area contributed by atoms with Gasteiger partial charge in [-0.15, -0.1) is 0 Å². The molecule has 0 bridgehead atoms. The third-order valence-corrected chi connectivity index (χ3v) is 4.76. The smallest absolute Gasteiger partial charge is 0.405 e. The van der Waals surface area contributed by atoms with E-state index in [2.05, 4.69) is 5.32 Å². The molecule has 2 aromatic carbocycles. The maximum atomic E-state index is 11.1. The van der Waals surface area contributed by atoms with Crippen molar-refractivity contribution in [3.8, 4) is 16.9 Å². The van der Waals surface area contributed by atoms with Crippen molar-refractivity contribution in [3.63, 3.8) is 0 Å². The van der Waals surface area contributed by atoms with Crippen LogP contribution in [-0.2, 0) is 0 Å². The summed E-state index contributed by atoms with van der Waals surface area (Å²) in [5, 5.41) is 12.9. The molecule has 0 saturated carbocycles. The van der Waals surface area contributed by atoms with Gasteiger partial charge >= 0.3 is 6.09 Å². The fraction of sp³-hybridized carbons (Fsp3) is 0.278. The van der Waals surface area contributed by atoms with Crippen LogP contribution < -0.4 is 10.1 Å². The molecule has 0 aliphatic carbocycles. The number of hydrogen-bond donors (Lipinski definition) is 2. The summed E-state index contributed by atoms with van der Waals surface area (Å²) in [5.74, 6) is 0.664. The first-order chi connectivity index (χ1) is 11.3. The summed E-state index contributed by atoms with van der Waals surface area (Å²) >= 11 is 12.2. The minimum Gasteiger partial charge on any atom is -0.493 e. The van der Waals surface area contributed by atoms with Gasteiger partial charge in [-0.05, 0) is 23.8 Å². The van der Waals surface area contributed by atoms with Gasteiger partial charge in [0, 0.05) is 26.6 Å². The van der Waals surface area contributed by atoms with E-state index in [0.29, 0.717) is 22.4 Å². The van der Waals surface area contributed by atoms with Crippen LogP contribution >= 0.6 is 23.2 Å². The van der Waals surface area contributed by atoms with E-state index >= 15 is 0 Å². The Morgan fingerprint density at radius 2 is 2.00 bits per heavy atom. The van der Waals surface area contributed by atoms with E-state index in [1.807, 2.05) is 38.1 Å². The molecule has 1 atom stereocenters. The normalized spacial score (nSPS) is 18.4. The summed E-state index contributed by atoms with van der Waals surface area (Å²) in [6, 6.07) is 10.7. The monoisotopic (exact) mass is 365 g/mol. The van der Waals surface area contributed by atoms with E-state index in [-0.39, 0.29) is 11.5 Å². The number of ether oxygens (including phenoxy) is 1. The second-order valence-corrected chi connectivity index (χ2v) is 7.38. The number of benzene rings is 2. The van der Waals surface area contributed by atoms with Crippen LogP contribution in [0.5, 0.6) is 5.75 Å². The molecule has 0 fully saturated rings. The predicted molar refractivity (Wildman–Crippen MR) is 95.1 cm³/mol. The molecule has 126 valence electrons. The largest absolute Gasteiger partial charge is 0.493 e. The first kappa shape index (κ1) is 16.9. The third-order valence-electron chi connectivity index (χ3n) is 4.22. The maximum Gasteiger partial charge on any atom is 0.405 e. The molecule has 24 heavy (non-hydrogen) atoms. The molecular formula is C18H17Cl2NO3. The lowest BCUT2D eigenvalue weighted by atomic mass is 9.78. The summed E-state index contributed by atoms with van der Waals surface area (Å²) in [6.07, 6.45) is -1.05. The highest BCUT2D eigenvalue weighted by atomic mass is 35.5. The number of carbonyl (C=O) groups is 1. The first-order valence-corrected chi connectivity index (χ1v) is 8.25. The molecule has 1 heterocycles.